The first kappa shape index (κ1) is 19.7. The summed E-state index contributed by atoms with van der Waals surface area (Å²) in [7, 11) is -3.50. The van der Waals surface area contributed by atoms with Crippen molar-refractivity contribution in [1.29, 1.82) is 0 Å². The molecule has 1 amide bonds. The van der Waals surface area contributed by atoms with Gasteiger partial charge in [0.2, 0.25) is 10.0 Å². The maximum atomic E-state index is 12.3. The van der Waals surface area contributed by atoms with Gasteiger partial charge in [-0.1, -0.05) is 26.2 Å². The normalized spacial score (nSPS) is 16.6. The van der Waals surface area contributed by atoms with Crippen molar-refractivity contribution in [2.24, 2.45) is 0 Å². The minimum absolute atomic E-state index is 0.0368. The lowest BCUT2D eigenvalue weighted by atomic mass is 10.2. The van der Waals surface area contributed by atoms with Crippen LogP contribution >= 0.6 is 0 Å². The predicted molar refractivity (Wildman–Crippen MR) is 97.0 cm³/mol. The van der Waals surface area contributed by atoms with Crippen molar-refractivity contribution in [2.45, 2.75) is 69.4 Å². The number of hydrogen-bond donors (Lipinski definition) is 2. The Labute approximate surface area is 150 Å². The van der Waals surface area contributed by atoms with Gasteiger partial charge in [0.25, 0.3) is 5.91 Å². The van der Waals surface area contributed by atoms with E-state index in [0.717, 1.165) is 38.5 Å². The highest BCUT2D eigenvalue weighted by atomic mass is 32.2. The maximum Gasteiger partial charge on any atom is 0.258 e. The second-order valence-electron chi connectivity index (χ2n) is 6.62. The molecule has 0 radical (unpaired) electrons. The Kier molecular flexibility index (Phi) is 7.25. The first-order valence-electron chi connectivity index (χ1n) is 8.95. The van der Waals surface area contributed by atoms with Crippen LogP contribution in [0.25, 0.3) is 0 Å². The van der Waals surface area contributed by atoms with Gasteiger partial charge in [-0.15, -0.1) is 0 Å². The molecule has 25 heavy (non-hydrogen) atoms. The lowest BCUT2D eigenvalue weighted by molar-refractivity contribution is -0.123. The molecule has 0 saturated heterocycles. The van der Waals surface area contributed by atoms with Crippen molar-refractivity contribution >= 4 is 15.9 Å². The van der Waals surface area contributed by atoms with Crippen molar-refractivity contribution in [3.05, 3.63) is 24.3 Å². The molecule has 0 aromatic heterocycles. The summed E-state index contributed by atoms with van der Waals surface area (Å²) in [6.45, 7) is 3.94. The molecule has 1 aliphatic rings. The second kappa shape index (κ2) is 9.20. The Morgan fingerprint density at radius 1 is 1.24 bits per heavy atom. The first-order chi connectivity index (χ1) is 11.9. The largest absolute Gasteiger partial charge is 0.484 e. The van der Waals surface area contributed by atoms with Crippen LogP contribution in [0.1, 0.15) is 52.4 Å². The van der Waals surface area contributed by atoms with Gasteiger partial charge in [-0.05, 0) is 50.5 Å². The highest BCUT2D eigenvalue weighted by molar-refractivity contribution is 7.89. The number of ether oxygens (including phenoxy) is 1. The van der Waals surface area contributed by atoms with Gasteiger partial charge in [-0.3, -0.25) is 4.79 Å². The molecular formula is C18H28N2O4S. The van der Waals surface area contributed by atoms with E-state index in [1.165, 1.54) is 12.1 Å². The molecular weight excluding hydrogens is 340 g/mol. The van der Waals surface area contributed by atoms with Crippen molar-refractivity contribution in [1.82, 2.24) is 10.0 Å². The molecule has 7 heteroatoms. The number of hydrogen-bond acceptors (Lipinski definition) is 4. The third kappa shape index (κ3) is 6.32. The number of nitrogens with one attached hydrogen (secondary N) is 2. The molecule has 0 heterocycles. The molecule has 0 bridgehead atoms. The van der Waals surface area contributed by atoms with Gasteiger partial charge in [0.05, 0.1) is 4.90 Å². The van der Waals surface area contributed by atoms with Gasteiger partial charge in [-0.2, -0.15) is 0 Å². The molecule has 6 nitrogen and oxygen atoms in total. The molecule has 0 unspecified atom stereocenters. The number of sulfonamides is 1. The summed E-state index contributed by atoms with van der Waals surface area (Å²) in [6, 6.07) is 6.32. The van der Waals surface area contributed by atoms with Crippen LogP contribution in [-0.2, 0) is 14.8 Å². The van der Waals surface area contributed by atoms with Gasteiger partial charge in [-0.25, -0.2) is 13.1 Å². The average Bonchev–Trinajstić information content (AvgIpc) is 3.06. The van der Waals surface area contributed by atoms with E-state index in [1.807, 2.05) is 6.92 Å². The molecule has 140 valence electrons. The molecule has 1 aliphatic carbocycles. The summed E-state index contributed by atoms with van der Waals surface area (Å²) >= 11 is 0. The number of carbonyl (C=O) groups excluding carboxylic acids is 1. The molecule has 1 fully saturated rings. The molecule has 2 N–H and O–H groups in total. The molecule has 0 spiro atoms. The number of carbonyl (C=O) groups is 1. The Morgan fingerprint density at radius 3 is 2.48 bits per heavy atom. The van der Waals surface area contributed by atoms with Crippen LogP contribution in [0, 0.1) is 0 Å². The van der Waals surface area contributed by atoms with Crippen LogP contribution in [0.3, 0.4) is 0 Å². The van der Waals surface area contributed by atoms with Crippen LogP contribution in [-0.4, -0.2) is 33.0 Å². The molecule has 0 aliphatic heterocycles. The Bertz CT molecular complexity index is 652. The number of benzene rings is 1. The third-order valence-corrected chi connectivity index (χ3v) is 5.85. The molecule has 1 saturated carbocycles. The van der Waals surface area contributed by atoms with Crippen LogP contribution < -0.4 is 14.8 Å². The zero-order valence-corrected chi connectivity index (χ0v) is 15.8. The lowest BCUT2D eigenvalue weighted by Crippen LogP contribution is -2.35. The first-order valence-corrected chi connectivity index (χ1v) is 10.4. The third-order valence-electron chi connectivity index (χ3n) is 4.31. The van der Waals surface area contributed by atoms with E-state index >= 15 is 0 Å². The smallest absolute Gasteiger partial charge is 0.258 e. The standard InChI is InChI=1S/C18H28N2O4S/c1-3-6-14(2)19-18(21)13-24-16-9-11-17(12-10-16)25(22,23)20-15-7-4-5-8-15/h9-12,14-15,20H,3-8,13H2,1-2H3,(H,19,21)/t14-/m0/s1. The van der Waals surface area contributed by atoms with E-state index in [9.17, 15) is 13.2 Å². The van der Waals surface area contributed by atoms with Crippen molar-refractivity contribution in [3.63, 3.8) is 0 Å². The molecule has 1 atom stereocenters. The van der Waals surface area contributed by atoms with Gasteiger partial charge in [0.1, 0.15) is 5.75 Å². The van der Waals surface area contributed by atoms with E-state index in [1.54, 1.807) is 12.1 Å². The summed E-state index contributed by atoms with van der Waals surface area (Å²) in [4.78, 5) is 12.0. The van der Waals surface area contributed by atoms with Crippen LogP contribution in [0.15, 0.2) is 29.2 Å². The fourth-order valence-corrected chi connectivity index (χ4v) is 4.32. The van der Waals surface area contributed by atoms with Gasteiger partial charge >= 0.3 is 0 Å². The summed E-state index contributed by atoms with van der Waals surface area (Å²) in [5.41, 5.74) is 0. The summed E-state index contributed by atoms with van der Waals surface area (Å²) in [6.07, 6.45) is 5.86. The molecule has 2 rings (SSSR count). The zero-order chi connectivity index (χ0) is 18.3. The Hall–Kier alpha value is -1.60. The van der Waals surface area contributed by atoms with Crippen molar-refractivity contribution in [2.75, 3.05) is 6.61 Å². The van der Waals surface area contributed by atoms with E-state index in [-0.39, 0.29) is 29.5 Å². The average molecular weight is 368 g/mol. The van der Waals surface area contributed by atoms with Crippen LogP contribution in [0.5, 0.6) is 5.75 Å². The van der Waals surface area contributed by atoms with E-state index in [4.69, 9.17) is 4.74 Å². The van der Waals surface area contributed by atoms with E-state index in [0.29, 0.717) is 5.75 Å². The highest BCUT2D eigenvalue weighted by Crippen LogP contribution is 2.21. The van der Waals surface area contributed by atoms with E-state index < -0.39 is 10.0 Å². The van der Waals surface area contributed by atoms with Crippen LogP contribution in [0.4, 0.5) is 0 Å². The minimum atomic E-state index is -3.50. The van der Waals surface area contributed by atoms with Gasteiger partial charge in [0.15, 0.2) is 6.61 Å². The fourth-order valence-electron chi connectivity index (χ4n) is 3.02. The predicted octanol–water partition coefficient (Wildman–Crippen LogP) is 2.59. The summed E-state index contributed by atoms with van der Waals surface area (Å²) in [5, 5.41) is 2.86. The fraction of sp³-hybridized carbons (Fsp3) is 0.611. The maximum absolute atomic E-state index is 12.3. The zero-order valence-electron chi connectivity index (χ0n) is 15.0. The van der Waals surface area contributed by atoms with Crippen LogP contribution in [0.2, 0.25) is 0 Å². The molecule has 1 aromatic carbocycles. The number of amides is 1. The van der Waals surface area contributed by atoms with Gasteiger partial charge < -0.3 is 10.1 Å². The monoisotopic (exact) mass is 368 g/mol. The Balaban J connectivity index is 1.85. The lowest BCUT2D eigenvalue weighted by Gasteiger charge is -2.14. The quantitative estimate of drug-likeness (QED) is 0.702. The van der Waals surface area contributed by atoms with Crippen molar-refractivity contribution in [3.8, 4) is 5.75 Å². The number of rotatable bonds is 9. The highest BCUT2D eigenvalue weighted by Gasteiger charge is 2.22. The Morgan fingerprint density at radius 2 is 1.88 bits per heavy atom. The minimum Gasteiger partial charge on any atom is -0.484 e. The second-order valence-corrected chi connectivity index (χ2v) is 8.33. The van der Waals surface area contributed by atoms with Gasteiger partial charge in [0, 0.05) is 12.1 Å². The summed E-state index contributed by atoms with van der Waals surface area (Å²) in [5.74, 6) is 0.290. The SMILES string of the molecule is CCC[C@H](C)NC(=O)COc1ccc(S(=O)(=O)NC2CCCC2)cc1. The molecule has 1 aromatic rings. The van der Waals surface area contributed by atoms with E-state index in [2.05, 4.69) is 17.0 Å². The van der Waals surface area contributed by atoms with Crippen molar-refractivity contribution < 1.29 is 17.9 Å². The summed E-state index contributed by atoms with van der Waals surface area (Å²) < 4.78 is 32.8. The topological polar surface area (TPSA) is 84.5 Å².